The molecule has 20 heavy (non-hydrogen) atoms. The maximum atomic E-state index is 12.9. The van der Waals surface area contributed by atoms with Gasteiger partial charge in [-0.2, -0.15) is 0 Å². The first-order valence-electron chi connectivity index (χ1n) is 5.83. The van der Waals surface area contributed by atoms with Crippen molar-refractivity contribution in [2.45, 2.75) is 4.90 Å². The van der Waals surface area contributed by atoms with Crippen molar-refractivity contribution in [1.82, 2.24) is 4.98 Å². The maximum Gasteiger partial charge on any atom is 0.265 e. The number of aromatic nitrogens is 1. The van der Waals surface area contributed by atoms with Crippen molar-refractivity contribution in [3.8, 4) is 0 Å². The van der Waals surface area contributed by atoms with Gasteiger partial charge in [-0.05, 0) is 36.4 Å². The van der Waals surface area contributed by atoms with Crippen LogP contribution in [0.1, 0.15) is 0 Å². The molecule has 0 fully saturated rings. The van der Waals surface area contributed by atoms with Gasteiger partial charge in [0.1, 0.15) is 16.5 Å². The smallest absolute Gasteiger partial charge is 0.265 e. The number of nitrogens with zero attached hydrogens (tertiary/aromatic N) is 2. The first-order chi connectivity index (χ1) is 9.45. The number of benzene rings is 1. The van der Waals surface area contributed by atoms with Gasteiger partial charge in [0.05, 0.1) is 5.69 Å². The molecule has 1 aromatic heterocycles. The topological polar surface area (TPSA) is 62.3 Å². The highest BCUT2D eigenvalue weighted by atomic mass is 32.2. The summed E-state index contributed by atoms with van der Waals surface area (Å²) in [6.07, 6.45) is 1.28. The van der Waals surface area contributed by atoms with Gasteiger partial charge in [0.2, 0.25) is 0 Å². The molecule has 0 aliphatic heterocycles. The molecule has 0 bridgehead atoms. The molecule has 5 nitrogen and oxygen atoms in total. The summed E-state index contributed by atoms with van der Waals surface area (Å²) < 4.78 is 38.7. The van der Waals surface area contributed by atoms with E-state index >= 15 is 0 Å². The fraction of sp³-hybridized carbons (Fsp3) is 0.154. The molecule has 0 aliphatic rings. The molecule has 0 amide bonds. The fourth-order valence-corrected chi connectivity index (χ4v) is 2.77. The molecule has 0 radical (unpaired) electrons. The number of pyridine rings is 1. The lowest BCUT2D eigenvalue weighted by Crippen LogP contribution is -2.26. The summed E-state index contributed by atoms with van der Waals surface area (Å²) in [6.45, 7) is 0. The van der Waals surface area contributed by atoms with Crippen LogP contribution in [0.25, 0.3) is 0 Å². The van der Waals surface area contributed by atoms with Crippen molar-refractivity contribution >= 4 is 21.5 Å². The number of hydrogen-bond acceptors (Lipinski definition) is 4. The fourth-order valence-electron chi connectivity index (χ4n) is 1.63. The van der Waals surface area contributed by atoms with Gasteiger partial charge in [0, 0.05) is 20.3 Å². The van der Waals surface area contributed by atoms with Crippen LogP contribution in [0.4, 0.5) is 15.9 Å². The van der Waals surface area contributed by atoms with Crippen molar-refractivity contribution in [1.29, 1.82) is 0 Å². The van der Waals surface area contributed by atoms with E-state index in [1.807, 2.05) is 0 Å². The van der Waals surface area contributed by atoms with Crippen LogP contribution in [-0.4, -0.2) is 27.5 Å². The van der Waals surface area contributed by atoms with Gasteiger partial charge in [-0.3, -0.25) is 4.31 Å². The normalized spacial score (nSPS) is 11.2. The molecule has 2 rings (SSSR count). The molecule has 1 heterocycles. The van der Waals surface area contributed by atoms with Crippen LogP contribution in [0.5, 0.6) is 0 Å². The van der Waals surface area contributed by atoms with Crippen LogP contribution in [0, 0.1) is 5.82 Å². The third-order valence-electron chi connectivity index (χ3n) is 2.84. The molecule has 106 valence electrons. The molecule has 0 spiro atoms. The monoisotopic (exact) mass is 295 g/mol. The molecule has 0 saturated carbocycles. The van der Waals surface area contributed by atoms with E-state index in [2.05, 4.69) is 10.3 Å². The number of anilines is 2. The van der Waals surface area contributed by atoms with E-state index in [4.69, 9.17) is 0 Å². The lowest BCUT2D eigenvalue weighted by atomic mass is 10.3. The lowest BCUT2D eigenvalue weighted by Gasteiger charge is -2.19. The van der Waals surface area contributed by atoms with Gasteiger partial charge in [0.25, 0.3) is 10.0 Å². The summed E-state index contributed by atoms with van der Waals surface area (Å²) in [4.78, 5) is 4.05. The molecule has 1 N–H and O–H groups in total. The summed E-state index contributed by atoms with van der Waals surface area (Å²) in [5, 5.41) is 2.81. The third-order valence-corrected chi connectivity index (χ3v) is 4.61. The highest BCUT2D eigenvalue weighted by Crippen LogP contribution is 2.22. The zero-order chi connectivity index (χ0) is 14.8. The zero-order valence-electron chi connectivity index (χ0n) is 11.0. The zero-order valence-corrected chi connectivity index (χ0v) is 11.9. The lowest BCUT2D eigenvalue weighted by molar-refractivity contribution is 0.593. The molecule has 0 atom stereocenters. The molecule has 0 saturated heterocycles. The van der Waals surface area contributed by atoms with Crippen LogP contribution < -0.4 is 9.62 Å². The molecule has 1 aromatic carbocycles. The predicted octanol–water partition coefficient (Wildman–Crippen LogP) is 2.09. The second kappa shape index (κ2) is 5.46. The van der Waals surface area contributed by atoms with E-state index in [1.165, 1.54) is 43.6 Å². The predicted molar refractivity (Wildman–Crippen MR) is 75.8 cm³/mol. The SMILES string of the molecule is CNc1ccc(S(=O)(=O)N(C)c2ccc(F)cc2)cn1. The highest BCUT2D eigenvalue weighted by molar-refractivity contribution is 7.92. The highest BCUT2D eigenvalue weighted by Gasteiger charge is 2.21. The minimum Gasteiger partial charge on any atom is -0.373 e. The minimum absolute atomic E-state index is 0.0725. The van der Waals surface area contributed by atoms with Crippen molar-refractivity contribution in [2.75, 3.05) is 23.7 Å². The first kappa shape index (κ1) is 14.3. The largest absolute Gasteiger partial charge is 0.373 e. The average Bonchev–Trinajstić information content (AvgIpc) is 2.47. The van der Waals surface area contributed by atoms with E-state index < -0.39 is 15.8 Å². The van der Waals surface area contributed by atoms with Crippen molar-refractivity contribution in [3.63, 3.8) is 0 Å². The molecular weight excluding hydrogens is 281 g/mol. The number of sulfonamides is 1. The summed E-state index contributed by atoms with van der Waals surface area (Å²) >= 11 is 0. The minimum atomic E-state index is -3.71. The average molecular weight is 295 g/mol. The first-order valence-corrected chi connectivity index (χ1v) is 7.27. The number of nitrogens with one attached hydrogen (secondary N) is 1. The van der Waals surface area contributed by atoms with Crippen LogP contribution in [0.2, 0.25) is 0 Å². The Bertz CT molecular complexity index is 685. The van der Waals surface area contributed by atoms with Crippen LogP contribution in [0.15, 0.2) is 47.5 Å². The molecule has 0 unspecified atom stereocenters. The Kier molecular flexibility index (Phi) is 3.89. The number of halogens is 1. The van der Waals surface area contributed by atoms with Crippen LogP contribution in [-0.2, 0) is 10.0 Å². The Labute approximate surface area is 117 Å². The summed E-state index contributed by atoms with van der Waals surface area (Å²) in [7, 11) is -0.602. The summed E-state index contributed by atoms with van der Waals surface area (Å²) in [6, 6.07) is 8.28. The second-order valence-electron chi connectivity index (χ2n) is 4.08. The molecule has 2 aromatic rings. The van der Waals surface area contributed by atoms with Gasteiger partial charge in [-0.15, -0.1) is 0 Å². The van der Waals surface area contributed by atoms with Gasteiger partial charge in [0.15, 0.2) is 0 Å². The van der Waals surface area contributed by atoms with Crippen molar-refractivity contribution in [3.05, 3.63) is 48.4 Å². The Morgan fingerprint density at radius 3 is 2.30 bits per heavy atom. The summed E-state index contributed by atoms with van der Waals surface area (Å²) in [5.74, 6) is 0.160. The van der Waals surface area contributed by atoms with Gasteiger partial charge < -0.3 is 5.32 Å². The molecular formula is C13H14FN3O2S. The number of rotatable bonds is 4. The van der Waals surface area contributed by atoms with Gasteiger partial charge >= 0.3 is 0 Å². The van der Waals surface area contributed by atoms with Gasteiger partial charge in [-0.25, -0.2) is 17.8 Å². The van der Waals surface area contributed by atoms with E-state index in [1.54, 1.807) is 13.1 Å². The molecule has 0 aliphatic carbocycles. The second-order valence-corrected chi connectivity index (χ2v) is 6.05. The Morgan fingerprint density at radius 1 is 1.15 bits per heavy atom. The number of hydrogen-bond donors (Lipinski definition) is 1. The van der Waals surface area contributed by atoms with E-state index in [0.717, 1.165) is 4.31 Å². The Balaban J connectivity index is 2.35. The quantitative estimate of drug-likeness (QED) is 0.938. The third kappa shape index (κ3) is 2.72. The van der Waals surface area contributed by atoms with Crippen LogP contribution >= 0.6 is 0 Å². The standard InChI is InChI=1S/C13H14FN3O2S/c1-15-13-8-7-12(9-16-13)20(18,19)17(2)11-5-3-10(14)4-6-11/h3-9H,1-2H3,(H,15,16). The maximum absolute atomic E-state index is 12.9. The summed E-state index contributed by atoms with van der Waals surface area (Å²) in [5.41, 5.74) is 0.379. The van der Waals surface area contributed by atoms with Crippen molar-refractivity contribution < 1.29 is 12.8 Å². The van der Waals surface area contributed by atoms with E-state index in [-0.39, 0.29) is 4.90 Å². The molecule has 7 heteroatoms. The van der Waals surface area contributed by atoms with E-state index in [0.29, 0.717) is 11.5 Å². The van der Waals surface area contributed by atoms with Crippen molar-refractivity contribution in [2.24, 2.45) is 0 Å². The Hall–Kier alpha value is -2.15. The van der Waals surface area contributed by atoms with Gasteiger partial charge in [-0.1, -0.05) is 0 Å². The Morgan fingerprint density at radius 2 is 1.80 bits per heavy atom. The van der Waals surface area contributed by atoms with Crippen LogP contribution in [0.3, 0.4) is 0 Å². The van der Waals surface area contributed by atoms with E-state index in [9.17, 15) is 12.8 Å².